The summed E-state index contributed by atoms with van der Waals surface area (Å²) in [7, 11) is 0. The maximum absolute atomic E-state index is 5.70. The fraction of sp³-hybridized carbons (Fsp3) is 0. The third-order valence-corrected chi connectivity index (χ3v) is 9.43. The molecular formula is C26H14N2S5-2. The topological polar surface area (TPSA) is 25.8 Å². The summed E-state index contributed by atoms with van der Waals surface area (Å²) in [5.74, 6) is 0. The molecule has 0 bridgehead atoms. The number of allylic oxidation sites excluding steroid dienone is 10. The monoisotopic (exact) mass is 514 g/mol. The molecule has 0 atom stereocenters. The maximum atomic E-state index is 5.70. The second-order valence-corrected chi connectivity index (χ2v) is 11.0. The lowest BCUT2D eigenvalue weighted by Gasteiger charge is -2.12. The molecule has 4 aromatic rings. The Morgan fingerprint density at radius 2 is 1.00 bits per heavy atom. The maximum Gasteiger partial charge on any atom is 0.114 e. The lowest BCUT2D eigenvalue weighted by molar-refractivity contribution is 1.63. The van der Waals surface area contributed by atoms with Gasteiger partial charge in [-0.25, -0.2) is 0 Å². The van der Waals surface area contributed by atoms with Crippen LogP contribution in [-0.4, -0.2) is 8.75 Å². The molecule has 0 saturated carbocycles. The molecule has 7 heteroatoms. The van der Waals surface area contributed by atoms with Crippen LogP contribution in [0.3, 0.4) is 0 Å². The first kappa shape index (κ1) is 20.9. The molecule has 33 heavy (non-hydrogen) atoms. The van der Waals surface area contributed by atoms with Gasteiger partial charge in [0.2, 0.25) is 0 Å². The van der Waals surface area contributed by atoms with E-state index in [1.165, 1.54) is 11.7 Å². The Labute approximate surface area is 214 Å². The predicted molar refractivity (Wildman–Crippen MR) is 149 cm³/mol. The van der Waals surface area contributed by atoms with Crippen molar-refractivity contribution >= 4 is 80.5 Å². The lowest BCUT2D eigenvalue weighted by atomic mass is 10.1. The van der Waals surface area contributed by atoms with Gasteiger partial charge in [0.05, 0.1) is 11.7 Å². The molecule has 0 fully saturated rings. The van der Waals surface area contributed by atoms with Crippen LogP contribution in [0.5, 0.6) is 0 Å². The summed E-state index contributed by atoms with van der Waals surface area (Å²) < 4.78 is 9.30. The van der Waals surface area contributed by atoms with Crippen LogP contribution in [0.4, 0.5) is 0 Å². The van der Waals surface area contributed by atoms with Crippen LogP contribution in [0, 0.1) is 0 Å². The molecule has 0 radical (unpaired) electrons. The first-order valence-electron chi connectivity index (χ1n) is 10.2. The van der Waals surface area contributed by atoms with Gasteiger partial charge in [0.1, 0.15) is 11.0 Å². The Kier molecular flexibility index (Phi) is 5.44. The number of fused-ring (bicyclic) bond motifs is 1. The van der Waals surface area contributed by atoms with Gasteiger partial charge in [0.15, 0.2) is 0 Å². The predicted octanol–water partition coefficient (Wildman–Crippen LogP) is 7.92. The van der Waals surface area contributed by atoms with E-state index in [-0.39, 0.29) is 0 Å². The van der Waals surface area contributed by atoms with Gasteiger partial charge in [-0.15, -0.1) is 22.7 Å². The van der Waals surface area contributed by atoms with E-state index in [0.29, 0.717) is 0 Å². The molecule has 0 N–H and O–H groups in total. The molecule has 2 nitrogen and oxygen atoms in total. The van der Waals surface area contributed by atoms with Gasteiger partial charge < -0.3 is 25.3 Å². The van der Waals surface area contributed by atoms with Crippen LogP contribution in [0.25, 0.3) is 41.7 Å². The second-order valence-electron chi connectivity index (χ2n) is 7.46. The molecule has 0 unspecified atom stereocenters. The number of hydrogen-bond donors (Lipinski definition) is 0. The minimum atomic E-state index is 0.882. The average Bonchev–Trinajstić information content (AvgIpc) is 3.67. The molecule has 2 aliphatic carbocycles. The van der Waals surface area contributed by atoms with E-state index in [4.69, 9.17) is 25.3 Å². The highest BCUT2D eigenvalue weighted by atomic mass is 32.1. The molecule has 0 spiro atoms. The summed E-state index contributed by atoms with van der Waals surface area (Å²) in [4.78, 5) is 6.24. The van der Waals surface area contributed by atoms with Crippen LogP contribution in [0.1, 0.15) is 9.75 Å². The Hall–Kier alpha value is -2.68. The summed E-state index contributed by atoms with van der Waals surface area (Å²) in [6.07, 6.45) is 16.3. The summed E-state index contributed by atoms with van der Waals surface area (Å²) in [5, 5.41) is 0. The summed E-state index contributed by atoms with van der Waals surface area (Å²) in [5.41, 5.74) is 6.21. The van der Waals surface area contributed by atoms with Crippen molar-refractivity contribution in [2.75, 3.05) is 0 Å². The minimum absolute atomic E-state index is 0.882. The van der Waals surface area contributed by atoms with Gasteiger partial charge in [-0.1, -0.05) is 60.7 Å². The Morgan fingerprint density at radius 3 is 1.42 bits per heavy atom. The quantitative estimate of drug-likeness (QED) is 0.258. The van der Waals surface area contributed by atoms with E-state index in [0.717, 1.165) is 62.6 Å². The van der Waals surface area contributed by atoms with E-state index in [1.807, 2.05) is 24.3 Å². The number of hydrogen-bond acceptors (Lipinski definition) is 7. The van der Waals surface area contributed by atoms with Crippen LogP contribution in [0.2, 0.25) is 0 Å². The summed E-state index contributed by atoms with van der Waals surface area (Å²) in [6, 6.07) is 12.8. The second kappa shape index (κ2) is 8.59. The van der Waals surface area contributed by atoms with Crippen LogP contribution in [0.15, 0.2) is 96.2 Å². The molecule has 1 aromatic carbocycles. The average molecular weight is 515 g/mol. The zero-order chi connectivity index (χ0) is 22.4. The highest BCUT2D eigenvalue weighted by Gasteiger charge is 2.16. The normalized spacial score (nSPS) is 14.3. The van der Waals surface area contributed by atoms with Crippen molar-refractivity contribution in [1.82, 2.24) is 8.75 Å². The van der Waals surface area contributed by atoms with E-state index < -0.39 is 0 Å². The van der Waals surface area contributed by atoms with Crippen molar-refractivity contribution in [1.29, 1.82) is 0 Å². The van der Waals surface area contributed by atoms with Gasteiger partial charge in [0.25, 0.3) is 0 Å². The van der Waals surface area contributed by atoms with Crippen LogP contribution in [-0.2, 0) is 25.3 Å². The molecule has 0 aliphatic heterocycles. The fourth-order valence-electron chi connectivity index (χ4n) is 3.81. The van der Waals surface area contributed by atoms with Crippen molar-refractivity contribution in [2.24, 2.45) is 0 Å². The molecular weight excluding hydrogens is 501 g/mol. The first-order chi connectivity index (χ1) is 16.2. The number of thiophene rings is 2. The molecule has 3 heterocycles. The van der Waals surface area contributed by atoms with Crippen molar-refractivity contribution < 1.29 is 0 Å². The molecule has 0 amide bonds. The number of nitrogens with zero attached hydrogens (tertiary/aromatic N) is 2. The van der Waals surface area contributed by atoms with Gasteiger partial charge in [-0.05, 0) is 35.4 Å². The Balaban J connectivity index is 1.39. The van der Waals surface area contributed by atoms with Crippen molar-refractivity contribution in [2.45, 2.75) is 0 Å². The Morgan fingerprint density at radius 1 is 0.576 bits per heavy atom. The molecule has 0 saturated heterocycles. The van der Waals surface area contributed by atoms with E-state index in [2.05, 4.69) is 69.4 Å². The van der Waals surface area contributed by atoms with Gasteiger partial charge in [0, 0.05) is 30.6 Å². The Bertz CT molecular complexity index is 1440. The zero-order valence-electron chi connectivity index (χ0n) is 17.0. The van der Waals surface area contributed by atoms with Gasteiger partial charge in [-0.2, -0.15) is 18.6 Å². The SMILES string of the molecule is [S-]C(=C1C=CC=C1)c1ccc(-c2ccc(-c3ccc(C([S-])=C4C=CC=C4)s3)c3nsnc23)s1. The highest BCUT2D eigenvalue weighted by molar-refractivity contribution is 7.71. The lowest BCUT2D eigenvalue weighted by Crippen LogP contribution is -1.82. The van der Waals surface area contributed by atoms with Crippen molar-refractivity contribution in [3.05, 3.63) is 106 Å². The van der Waals surface area contributed by atoms with Crippen molar-refractivity contribution in [3.63, 3.8) is 0 Å². The number of rotatable bonds is 4. The first-order valence-corrected chi connectivity index (χ1v) is 13.4. The number of benzene rings is 1. The van der Waals surface area contributed by atoms with Crippen molar-refractivity contribution in [3.8, 4) is 20.9 Å². The number of aromatic nitrogens is 2. The van der Waals surface area contributed by atoms with E-state index in [9.17, 15) is 0 Å². The minimum Gasteiger partial charge on any atom is -0.778 e. The largest absolute Gasteiger partial charge is 0.778 e. The van der Waals surface area contributed by atoms with Crippen LogP contribution < -0.4 is 0 Å². The smallest absolute Gasteiger partial charge is 0.114 e. The van der Waals surface area contributed by atoms with E-state index >= 15 is 0 Å². The summed E-state index contributed by atoms with van der Waals surface area (Å²) in [6.45, 7) is 0. The molecule has 6 rings (SSSR count). The molecule has 3 aromatic heterocycles. The fourth-order valence-corrected chi connectivity index (χ4v) is 7.03. The van der Waals surface area contributed by atoms with E-state index in [1.54, 1.807) is 22.7 Å². The standard InChI is InChI=1S/C26H16N2S5/c29-25(15-5-1-2-6-15)21-13-11-19(31-21)17-9-10-18(24-23(17)27-33-28-24)20-12-14-22(32-20)26(30)16-7-3-4-8-16/h1-14,29-30H/p-2. The van der Waals surface area contributed by atoms with Gasteiger partial charge in [-0.3, -0.25) is 0 Å². The third-order valence-electron chi connectivity index (χ3n) is 5.46. The third kappa shape index (κ3) is 3.76. The zero-order valence-corrected chi connectivity index (χ0v) is 21.1. The summed E-state index contributed by atoms with van der Waals surface area (Å²) >= 11 is 16.0. The van der Waals surface area contributed by atoms with Crippen LogP contribution >= 0.6 is 34.4 Å². The highest BCUT2D eigenvalue weighted by Crippen LogP contribution is 2.41. The molecule has 2 aliphatic rings. The molecule has 160 valence electrons. The van der Waals surface area contributed by atoms with Gasteiger partial charge >= 0.3 is 0 Å².